The summed E-state index contributed by atoms with van der Waals surface area (Å²) in [6.07, 6.45) is 4.05. The maximum Gasteiger partial charge on any atom is 0.255 e. The Labute approximate surface area is 177 Å². The summed E-state index contributed by atoms with van der Waals surface area (Å²) in [5.41, 5.74) is 5.06. The first-order valence-corrected chi connectivity index (χ1v) is 10.8. The molecule has 5 nitrogen and oxygen atoms in total. The molecule has 4 rings (SSSR count). The molecule has 0 bridgehead atoms. The van der Waals surface area contributed by atoms with E-state index < -0.39 is 0 Å². The molecule has 1 aliphatic heterocycles. The number of hydrogen-bond donors (Lipinski definition) is 1. The second-order valence-corrected chi connectivity index (χ2v) is 8.20. The third-order valence-electron chi connectivity index (χ3n) is 6.22. The molecule has 0 aromatic heterocycles. The molecule has 1 amide bonds. The molecule has 2 aromatic rings. The highest BCUT2D eigenvalue weighted by molar-refractivity contribution is 6.00. The van der Waals surface area contributed by atoms with Gasteiger partial charge >= 0.3 is 0 Å². The topological polar surface area (TPSA) is 79.9 Å². The van der Waals surface area contributed by atoms with Crippen LogP contribution in [0.15, 0.2) is 36.4 Å². The summed E-state index contributed by atoms with van der Waals surface area (Å²) >= 11 is 0. The lowest BCUT2D eigenvalue weighted by molar-refractivity contribution is 0.0714. The Balaban J connectivity index is 1.51. The molecule has 2 aliphatic rings. The molecule has 0 radical (unpaired) electrons. The van der Waals surface area contributed by atoms with Gasteiger partial charge in [0.1, 0.15) is 0 Å². The van der Waals surface area contributed by atoms with Crippen LogP contribution in [0.2, 0.25) is 0 Å². The maximum absolute atomic E-state index is 13.3. The predicted molar refractivity (Wildman–Crippen MR) is 116 cm³/mol. The number of likely N-dealkylation sites (tertiary alicyclic amines) is 1. The van der Waals surface area contributed by atoms with Crippen molar-refractivity contribution in [3.05, 3.63) is 64.2 Å². The van der Waals surface area contributed by atoms with Crippen LogP contribution in [-0.2, 0) is 0 Å². The van der Waals surface area contributed by atoms with Crippen molar-refractivity contribution in [3.63, 3.8) is 0 Å². The lowest BCUT2D eigenvalue weighted by Gasteiger charge is -2.33. The van der Waals surface area contributed by atoms with Crippen molar-refractivity contribution in [3.8, 4) is 12.1 Å². The monoisotopic (exact) mass is 398 g/mol. The Hall–Kier alpha value is -3.31. The summed E-state index contributed by atoms with van der Waals surface area (Å²) in [6.45, 7) is 4.14. The highest BCUT2D eigenvalue weighted by Gasteiger charge is 2.30. The van der Waals surface area contributed by atoms with Gasteiger partial charge in [-0.3, -0.25) is 4.79 Å². The van der Waals surface area contributed by atoms with E-state index >= 15 is 0 Å². The van der Waals surface area contributed by atoms with Crippen molar-refractivity contribution >= 4 is 11.6 Å². The zero-order valence-corrected chi connectivity index (χ0v) is 17.3. The first-order chi connectivity index (χ1) is 14.6. The van der Waals surface area contributed by atoms with Gasteiger partial charge in [0.05, 0.1) is 28.8 Å². The second-order valence-electron chi connectivity index (χ2n) is 8.20. The number of nitrogens with one attached hydrogen (secondary N) is 1. The van der Waals surface area contributed by atoms with Crippen molar-refractivity contribution in [1.82, 2.24) is 4.90 Å². The highest BCUT2D eigenvalue weighted by Crippen LogP contribution is 2.43. The molecule has 2 fully saturated rings. The summed E-state index contributed by atoms with van der Waals surface area (Å²) in [6, 6.07) is 16.1. The van der Waals surface area contributed by atoms with Crippen molar-refractivity contribution in [2.75, 3.05) is 25.0 Å². The molecule has 30 heavy (non-hydrogen) atoms. The Bertz CT molecular complexity index is 1020. The van der Waals surface area contributed by atoms with Crippen LogP contribution in [0.1, 0.15) is 77.1 Å². The number of amides is 1. The molecular weight excluding hydrogens is 372 g/mol. The minimum absolute atomic E-state index is 0.00285. The summed E-state index contributed by atoms with van der Waals surface area (Å²) in [4.78, 5) is 15.2. The van der Waals surface area contributed by atoms with Crippen molar-refractivity contribution in [2.24, 2.45) is 0 Å². The van der Waals surface area contributed by atoms with Crippen LogP contribution in [-0.4, -0.2) is 30.4 Å². The molecule has 1 heterocycles. The van der Waals surface area contributed by atoms with Crippen LogP contribution in [0.4, 0.5) is 5.69 Å². The Morgan fingerprint density at radius 1 is 1.03 bits per heavy atom. The van der Waals surface area contributed by atoms with Crippen LogP contribution in [0.25, 0.3) is 0 Å². The van der Waals surface area contributed by atoms with Crippen LogP contribution in [0.3, 0.4) is 0 Å². The van der Waals surface area contributed by atoms with Crippen LogP contribution < -0.4 is 5.32 Å². The van der Waals surface area contributed by atoms with Gasteiger partial charge < -0.3 is 10.2 Å². The molecule has 152 valence electrons. The van der Waals surface area contributed by atoms with Gasteiger partial charge in [-0.1, -0.05) is 12.1 Å². The van der Waals surface area contributed by atoms with Gasteiger partial charge in [0.25, 0.3) is 5.91 Å². The number of nitrogens with zero attached hydrogens (tertiary/aromatic N) is 3. The number of benzene rings is 2. The summed E-state index contributed by atoms with van der Waals surface area (Å²) in [7, 11) is 0. The second kappa shape index (κ2) is 8.59. The van der Waals surface area contributed by atoms with Gasteiger partial charge in [0.2, 0.25) is 0 Å². The van der Waals surface area contributed by atoms with Crippen molar-refractivity contribution in [1.29, 1.82) is 10.5 Å². The quantitative estimate of drug-likeness (QED) is 0.787. The number of hydrogen-bond acceptors (Lipinski definition) is 4. The van der Waals surface area contributed by atoms with E-state index in [4.69, 9.17) is 5.26 Å². The van der Waals surface area contributed by atoms with E-state index in [0.29, 0.717) is 41.6 Å². The van der Waals surface area contributed by atoms with Gasteiger partial charge in [-0.2, -0.15) is 10.5 Å². The van der Waals surface area contributed by atoms with E-state index in [1.165, 1.54) is 5.56 Å². The van der Waals surface area contributed by atoms with E-state index in [9.17, 15) is 10.1 Å². The Kier molecular flexibility index (Phi) is 5.72. The van der Waals surface area contributed by atoms with Crippen LogP contribution in [0.5, 0.6) is 0 Å². The SMILES string of the molecule is CCNc1cc(C2CC2)c(C#N)cc1C(=O)N1CCC(c2ccc(C#N)cc2)CC1. The molecule has 5 heteroatoms. The fraction of sp³-hybridized carbons (Fsp3) is 0.400. The maximum atomic E-state index is 13.3. The molecule has 2 aromatic carbocycles. The van der Waals surface area contributed by atoms with Gasteiger partial charge in [-0.05, 0) is 79.8 Å². The highest BCUT2D eigenvalue weighted by atomic mass is 16.2. The largest absolute Gasteiger partial charge is 0.385 e. The number of carbonyl (C=O) groups is 1. The fourth-order valence-corrected chi connectivity index (χ4v) is 4.38. The molecule has 1 N–H and O–H groups in total. The van der Waals surface area contributed by atoms with Crippen LogP contribution >= 0.6 is 0 Å². The lowest BCUT2D eigenvalue weighted by Crippen LogP contribution is -2.38. The molecule has 1 aliphatic carbocycles. The molecule has 1 saturated heterocycles. The summed E-state index contributed by atoms with van der Waals surface area (Å²) < 4.78 is 0. The minimum atomic E-state index is 0.00285. The zero-order valence-electron chi connectivity index (χ0n) is 17.3. The van der Waals surface area contributed by atoms with E-state index in [-0.39, 0.29) is 5.91 Å². The molecule has 0 unspecified atom stereocenters. The standard InChI is InChI=1S/C25H26N4O/c1-2-28-24-14-22(20-7-8-20)21(16-27)13-23(24)25(30)29-11-9-19(10-12-29)18-5-3-17(15-26)4-6-18/h3-6,13-14,19-20,28H,2,7-12H2,1H3. The third-order valence-corrected chi connectivity index (χ3v) is 6.22. The van der Waals surface area contributed by atoms with Gasteiger partial charge in [-0.15, -0.1) is 0 Å². The zero-order chi connectivity index (χ0) is 21.1. The third kappa shape index (κ3) is 4.02. The first kappa shape index (κ1) is 20.0. The molecule has 0 atom stereocenters. The average molecular weight is 399 g/mol. The number of anilines is 1. The normalized spacial score (nSPS) is 16.6. The smallest absolute Gasteiger partial charge is 0.255 e. The van der Waals surface area contributed by atoms with E-state index in [1.807, 2.05) is 42.2 Å². The number of piperidine rings is 1. The Morgan fingerprint density at radius 2 is 1.73 bits per heavy atom. The number of rotatable bonds is 5. The predicted octanol–water partition coefficient (Wildman–Crippen LogP) is 4.76. The lowest BCUT2D eigenvalue weighted by atomic mass is 9.88. The van der Waals surface area contributed by atoms with Gasteiger partial charge in [-0.25, -0.2) is 0 Å². The molecular formula is C25H26N4O. The van der Waals surface area contributed by atoms with E-state index in [2.05, 4.69) is 17.5 Å². The van der Waals surface area contributed by atoms with Gasteiger partial charge in [0.15, 0.2) is 0 Å². The molecule has 0 spiro atoms. The van der Waals surface area contributed by atoms with E-state index in [1.54, 1.807) is 6.07 Å². The van der Waals surface area contributed by atoms with Crippen molar-refractivity contribution < 1.29 is 4.79 Å². The first-order valence-electron chi connectivity index (χ1n) is 10.8. The van der Waals surface area contributed by atoms with Gasteiger partial charge in [0, 0.05) is 25.3 Å². The van der Waals surface area contributed by atoms with E-state index in [0.717, 1.165) is 43.5 Å². The fourth-order valence-electron chi connectivity index (χ4n) is 4.38. The average Bonchev–Trinajstić information content (AvgIpc) is 3.64. The summed E-state index contributed by atoms with van der Waals surface area (Å²) in [5.74, 6) is 0.870. The number of nitriles is 2. The Morgan fingerprint density at radius 3 is 2.30 bits per heavy atom. The summed E-state index contributed by atoms with van der Waals surface area (Å²) in [5, 5.41) is 21.9. The number of carbonyl (C=O) groups excluding carboxylic acids is 1. The molecule has 1 saturated carbocycles. The van der Waals surface area contributed by atoms with Crippen LogP contribution in [0, 0.1) is 22.7 Å². The minimum Gasteiger partial charge on any atom is -0.385 e. The van der Waals surface area contributed by atoms with Crippen molar-refractivity contribution in [2.45, 2.75) is 44.4 Å².